The third kappa shape index (κ3) is 9.14. The lowest BCUT2D eigenvalue weighted by atomic mass is 10.4. The van der Waals surface area contributed by atoms with Gasteiger partial charge in [0.2, 0.25) is 0 Å². The second-order valence-electron chi connectivity index (χ2n) is 1.98. The van der Waals surface area contributed by atoms with Crippen LogP contribution in [0.3, 0.4) is 0 Å². The smallest absolute Gasteiger partial charge is 0.0555 e. The van der Waals surface area contributed by atoms with Crippen molar-refractivity contribution in [3.63, 3.8) is 0 Å². The van der Waals surface area contributed by atoms with Gasteiger partial charge in [0, 0.05) is 6.54 Å². The topological polar surface area (TPSA) is 32.3 Å². The molecule has 62 valence electrons. The van der Waals surface area contributed by atoms with Gasteiger partial charge in [-0.2, -0.15) is 0 Å². The molecule has 1 aromatic rings. The van der Waals surface area contributed by atoms with Gasteiger partial charge in [-0.3, -0.25) is 0 Å². The molecule has 0 bridgehead atoms. The summed E-state index contributed by atoms with van der Waals surface area (Å²) in [6, 6.07) is 12.0. The molecule has 0 radical (unpaired) electrons. The first kappa shape index (κ1) is 10.1. The Morgan fingerprint density at radius 2 is 1.36 bits per heavy atom. The number of hydrogen-bond acceptors (Lipinski definition) is 2. The number of likely N-dealkylation sites (N-methyl/N-ethyl adjacent to an activating group) is 1. The molecular formula is C9H15NO. The van der Waals surface area contributed by atoms with E-state index in [0.717, 1.165) is 0 Å². The van der Waals surface area contributed by atoms with Crippen molar-refractivity contribution in [2.45, 2.75) is 0 Å². The minimum atomic E-state index is 0.233. The minimum absolute atomic E-state index is 0.233. The molecule has 0 aromatic heterocycles. The maximum Gasteiger partial charge on any atom is 0.0555 e. The molecule has 0 aliphatic rings. The van der Waals surface area contributed by atoms with E-state index in [2.05, 4.69) is 5.32 Å². The van der Waals surface area contributed by atoms with Gasteiger partial charge in [0.05, 0.1) is 6.61 Å². The quantitative estimate of drug-likeness (QED) is 0.661. The molecule has 2 heteroatoms. The van der Waals surface area contributed by atoms with Gasteiger partial charge < -0.3 is 10.4 Å². The highest BCUT2D eigenvalue weighted by molar-refractivity contribution is 4.99. The van der Waals surface area contributed by atoms with Gasteiger partial charge in [-0.25, -0.2) is 0 Å². The first-order chi connectivity index (χ1) is 5.41. The van der Waals surface area contributed by atoms with E-state index in [4.69, 9.17) is 5.11 Å². The summed E-state index contributed by atoms with van der Waals surface area (Å²) >= 11 is 0. The Morgan fingerprint density at radius 1 is 1.00 bits per heavy atom. The van der Waals surface area contributed by atoms with E-state index in [-0.39, 0.29) is 6.61 Å². The van der Waals surface area contributed by atoms with Crippen LogP contribution in [0.15, 0.2) is 36.4 Å². The zero-order valence-electron chi connectivity index (χ0n) is 6.83. The van der Waals surface area contributed by atoms with Crippen LogP contribution in [0.2, 0.25) is 0 Å². The minimum Gasteiger partial charge on any atom is -0.395 e. The molecule has 0 amide bonds. The van der Waals surface area contributed by atoms with Crippen LogP contribution >= 0.6 is 0 Å². The van der Waals surface area contributed by atoms with Gasteiger partial charge in [-0.1, -0.05) is 36.4 Å². The fourth-order valence-corrected chi connectivity index (χ4v) is 0.497. The zero-order chi connectivity index (χ0) is 8.36. The Hall–Kier alpha value is -0.860. The lowest BCUT2D eigenvalue weighted by molar-refractivity contribution is 0.296. The van der Waals surface area contributed by atoms with E-state index in [1.54, 1.807) is 7.05 Å². The number of nitrogens with one attached hydrogen (secondary N) is 1. The zero-order valence-corrected chi connectivity index (χ0v) is 6.83. The van der Waals surface area contributed by atoms with Gasteiger partial charge in [-0.05, 0) is 7.05 Å². The van der Waals surface area contributed by atoms with E-state index < -0.39 is 0 Å². The first-order valence-electron chi connectivity index (χ1n) is 3.67. The third-order valence-corrected chi connectivity index (χ3v) is 1.03. The van der Waals surface area contributed by atoms with Gasteiger partial charge in [0.15, 0.2) is 0 Å². The van der Waals surface area contributed by atoms with Crippen molar-refractivity contribution in [2.75, 3.05) is 20.2 Å². The van der Waals surface area contributed by atoms with Crippen LogP contribution in [0.1, 0.15) is 0 Å². The van der Waals surface area contributed by atoms with Gasteiger partial charge in [0.1, 0.15) is 0 Å². The molecule has 1 rings (SSSR count). The Morgan fingerprint density at radius 3 is 1.45 bits per heavy atom. The number of aliphatic hydroxyl groups excluding tert-OH is 1. The maximum atomic E-state index is 8.00. The molecule has 0 saturated carbocycles. The number of aliphatic hydroxyl groups is 1. The van der Waals surface area contributed by atoms with Crippen LogP contribution in [0.25, 0.3) is 0 Å². The Labute approximate surface area is 67.9 Å². The summed E-state index contributed by atoms with van der Waals surface area (Å²) in [7, 11) is 1.80. The summed E-state index contributed by atoms with van der Waals surface area (Å²) in [6.07, 6.45) is 0. The van der Waals surface area contributed by atoms with E-state index in [1.807, 2.05) is 36.4 Å². The van der Waals surface area contributed by atoms with E-state index in [1.165, 1.54) is 0 Å². The van der Waals surface area contributed by atoms with Crippen molar-refractivity contribution in [3.05, 3.63) is 36.4 Å². The highest BCUT2D eigenvalue weighted by atomic mass is 16.3. The molecule has 2 nitrogen and oxygen atoms in total. The van der Waals surface area contributed by atoms with Crippen LogP contribution < -0.4 is 5.32 Å². The third-order valence-electron chi connectivity index (χ3n) is 1.03. The van der Waals surface area contributed by atoms with E-state index in [0.29, 0.717) is 6.54 Å². The molecule has 0 aliphatic carbocycles. The Bertz CT molecular complexity index is 113. The standard InChI is InChI=1S/C6H6.C3H9NO/c1-2-4-6-5-3-1;1-4-2-3-5/h1-6H;4-5H,2-3H2,1H3. The number of hydrogen-bond donors (Lipinski definition) is 2. The molecule has 0 unspecified atom stereocenters. The molecular weight excluding hydrogens is 138 g/mol. The monoisotopic (exact) mass is 153 g/mol. The normalized spacial score (nSPS) is 8.18. The van der Waals surface area contributed by atoms with Crippen molar-refractivity contribution >= 4 is 0 Å². The molecule has 0 atom stereocenters. The molecule has 0 spiro atoms. The molecule has 11 heavy (non-hydrogen) atoms. The fourth-order valence-electron chi connectivity index (χ4n) is 0.497. The maximum absolute atomic E-state index is 8.00. The van der Waals surface area contributed by atoms with Crippen LogP contribution in [-0.4, -0.2) is 25.3 Å². The summed E-state index contributed by atoms with van der Waals surface area (Å²) < 4.78 is 0. The number of benzene rings is 1. The largest absolute Gasteiger partial charge is 0.395 e. The fraction of sp³-hybridized carbons (Fsp3) is 0.333. The average Bonchev–Trinajstić information content (AvgIpc) is 2.10. The highest BCUT2D eigenvalue weighted by Gasteiger charge is 1.65. The number of rotatable bonds is 2. The van der Waals surface area contributed by atoms with Crippen molar-refractivity contribution < 1.29 is 5.11 Å². The van der Waals surface area contributed by atoms with Crippen molar-refractivity contribution in [1.82, 2.24) is 5.32 Å². The molecule has 0 fully saturated rings. The van der Waals surface area contributed by atoms with Crippen LogP contribution in [0.4, 0.5) is 0 Å². The second kappa shape index (κ2) is 9.14. The van der Waals surface area contributed by atoms with E-state index >= 15 is 0 Å². The highest BCUT2D eigenvalue weighted by Crippen LogP contribution is 1.79. The average molecular weight is 153 g/mol. The van der Waals surface area contributed by atoms with Crippen LogP contribution in [0, 0.1) is 0 Å². The SMILES string of the molecule is CNCCO.c1ccccc1. The van der Waals surface area contributed by atoms with Gasteiger partial charge in [-0.15, -0.1) is 0 Å². The first-order valence-corrected chi connectivity index (χ1v) is 3.67. The van der Waals surface area contributed by atoms with Crippen molar-refractivity contribution in [2.24, 2.45) is 0 Å². The molecule has 0 saturated heterocycles. The van der Waals surface area contributed by atoms with Crippen molar-refractivity contribution in [1.29, 1.82) is 0 Å². The summed E-state index contributed by atoms with van der Waals surface area (Å²) in [5.41, 5.74) is 0. The van der Waals surface area contributed by atoms with E-state index in [9.17, 15) is 0 Å². The van der Waals surface area contributed by atoms with Gasteiger partial charge in [0.25, 0.3) is 0 Å². The molecule has 1 aromatic carbocycles. The van der Waals surface area contributed by atoms with Crippen LogP contribution in [-0.2, 0) is 0 Å². The Balaban J connectivity index is 0.000000187. The molecule has 2 N–H and O–H groups in total. The van der Waals surface area contributed by atoms with Gasteiger partial charge >= 0.3 is 0 Å². The van der Waals surface area contributed by atoms with Crippen molar-refractivity contribution in [3.8, 4) is 0 Å². The lowest BCUT2D eigenvalue weighted by Gasteiger charge is -1.84. The Kier molecular flexibility index (Phi) is 8.43. The summed E-state index contributed by atoms with van der Waals surface area (Å²) in [4.78, 5) is 0. The predicted molar refractivity (Wildman–Crippen MR) is 47.5 cm³/mol. The lowest BCUT2D eigenvalue weighted by Crippen LogP contribution is -2.10. The summed E-state index contributed by atoms with van der Waals surface area (Å²) in [6.45, 7) is 0.927. The molecule has 0 aliphatic heterocycles. The van der Waals surface area contributed by atoms with Crippen LogP contribution in [0.5, 0.6) is 0 Å². The molecule has 0 heterocycles. The summed E-state index contributed by atoms with van der Waals surface area (Å²) in [5, 5.41) is 10.8. The summed E-state index contributed by atoms with van der Waals surface area (Å²) in [5.74, 6) is 0. The predicted octanol–water partition coefficient (Wildman–Crippen LogP) is 0.885. The second-order valence-corrected chi connectivity index (χ2v) is 1.98.